The van der Waals surface area contributed by atoms with Crippen LogP contribution in [0.25, 0.3) is 133 Å². The van der Waals surface area contributed by atoms with E-state index in [0.29, 0.717) is 94.1 Å². The van der Waals surface area contributed by atoms with Gasteiger partial charge in [0.15, 0.2) is 0 Å². The van der Waals surface area contributed by atoms with Crippen molar-refractivity contribution in [1.82, 2.24) is 19.9 Å². The van der Waals surface area contributed by atoms with Crippen molar-refractivity contribution in [2.45, 2.75) is 0 Å². The Morgan fingerprint density at radius 2 is 0.595 bits per heavy atom. The molecule has 5 heterocycles. The summed E-state index contributed by atoms with van der Waals surface area (Å²) in [5, 5.41) is 33.5. The van der Waals surface area contributed by atoms with Gasteiger partial charge in [0.25, 0.3) is 0 Å². The molecule has 0 saturated heterocycles. The maximum absolute atomic E-state index is 10.3. The van der Waals surface area contributed by atoms with E-state index >= 15 is 0 Å². The van der Waals surface area contributed by atoms with Crippen LogP contribution in [0.3, 0.4) is 0 Å². The van der Waals surface area contributed by atoms with Crippen LogP contribution in [0.15, 0.2) is 121 Å². The number of phenols is 3. The van der Waals surface area contributed by atoms with Crippen LogP contribution in [0, 0.1) is 12.3 Å². The van der Waals surface area contributed by atoms with Crippen molar-refractivity contribution in [1.29, 1.82) is 0 Å². The van der Waals surface area contributed by atoms with Crippen LogP contribution in [0.1, 0.15) is 0 Å². The molecule has 0 saturated carbocycles. The number of terminal acetylenes is 1. The molecule has 0 aliphatic carbocycles. The Labute approximate surface area is 550 Å². The molecule has 11 aromatic rings. The predicted octanol–water partition coefficient (Wildman–Crippen LogP) is 22.2. The summed E-state index contributed by atoms with van der Waals surface area (Å²) in [7, 11) is 0. The van der Waals surface area contributed by atoms with E-state index in [2.05, 4.69) is 5.92 Å². The largest absolute Gasteiger partial charge is 2.00 e. The number of halogens is 12. The monoisotopic (exact) mass is 1390 g/mol. The van der Waals surface area contributed by atoms with Crippen LogP contribution in [0.5, 0.6) is 23.0 Å². The maximum Gasteiger partial charge on any atom is 2.00 e. The molecule has 13 rings (SSSR count). The van der Waals surface area contributed by atoms with E-state index in [-0.39, 0.29) is 148 Å². The number of aromatic nitrogens is 4. The van der Waals surface area contributed by atoms with Crippen molar-refractivity contribution in [3.8, 4) is 125 Å². The zero-order chi connectivity index (χ0) is 58.2. The van der Waals surface area contributed by atoms with Gasteiger partial charge in [0.1, 0.15) is 29.6 Å². The number of rotatable bonds is 6. The molecule has 0 amide bonds. The average molecular weight is 1390 g/mol. The molecule has 3 N–H and O–H groups in total. The van der Waals surface area contributed by atoms with E-state index in [9.17, 15) is 15.3 Å². The SMILES string of the molecule is C#CCOc1ccc(-c2c(Cl)c(Cl)c3c4cc5nc(cc6[n-]c(cc7nc(cc([n-]4)c3c2Cl)-c2c(Cl)c(Cl)c(-c3ccc(O)cc3)c(Cl)c2-7)c2c(Cl)c(Cl)c(-c3ccc(O)cc3)c(Cl)c62)-c2c(Cl)c(Cl)c(-c3ccc(O)cc3)c(Cl)c2-5)cc1.[Zn+2]. The van der Waals surface area contributed by atoms with Crippen LogP contribution in [-0.2, 0) is 19.5 Å². The van der Waals surface area contributed by atoms with E-state index < -0.39 is 0 Å². The van der Waals surface area contributed by atoms with Crippen molar-refractivity contribution < 1.29 is 39.5 Å². The van der Waals surface area contributed by atoms with Gasteiger partial charge in [0.05, 0.1) is 83.0 Å². The molecule has 0 radical (unpaired) electrons. The predicted molar refractivity (Wildman–Crippen MR) is 344 cm³/mol. The second-order valence-electron chi connectivity index (χ2n) is 19.0. The van der Waals surface area contributed by atoms with Crippen molar-refractivity contribution in [3.63, 3.8) is 0 Å². The summed E-state index contributed by atoms with van der Waals surface area (Å²) in [6.45, 7) is 0.0502. The maximum atomic E-state index is 10.3. The summed E-state index contributed by atoms with van der Waals surface area (Å²) >= 11 is 89.5. The molecule has 84 heavy (non-hydrogen) atoms. The van der Waals surface area contributed by atoms with Crippen molar-refractivity contribution in [2.24, 2.45) is 0 Å². The molecule has 2 aliphatic heterocycles. The number of hydrogen-bond donors (Lipinski definition) is 3. The summed E-state index contributed by atoms with van der Waals surface area (Å²) in [5.74, 6) is 3.00. The number of nitrogens with zero attached hydrogens (tertiary/aromatic N) is 4. The third kappa shape index (κ3) is 9.41. The summed E-state index contributed by atoms with van der Waals surface area (Å²) in [4.78, 5) is 21.0. The second-order valence-corrected chi connectivity index (χ2v) is 23.6. The minimum absolute atomic E-state index is 0. The minimum Gasteiger partial charge on any atom is -0.657 e. The van der Waals surface area contributed by atoms with Gasteiger partial charge in [0, 0.05) is 44.5 Å². The van der Waals surface area contributed by atoms with Gasteiger partial charge in [-0.3, -0.25) is 0 Å². The minimum atomic E-state index is 0. The molecule has 0 spiro atoms. The number of hydrogen-bond acceptors (Lipinski definition) is 6. The first kappa shape index (κ1) is 58.6. The topological polar surface area (TPSA) is 124 Å². The number of ether oxygens (including phenoxy) is 1. The summed E-state index contributed by atoms with van der Waals surface area (Å²) < 4.78 is 5.67. The molecule has 21 heteroatoms. The molecule has 408 valence electrons. The number of fused-ring (bicyclic) bond motifs is 20. The van der Waals surface area contributed by atoms with Crippen LogP contribution < -0.4 is 14.7 Å². The Morgan fingerprint density at radius 3 is 0.905 bits per heavy atom. The summed E-state index contributed by atoms with van der Waals surface area (Å²) in [6, 6.07) is 32.6. The van der Waals surface area contributed by atoms with Crippen molar-refractivity contribution in [2.75, 3.05) is 6.61 Å². The Balaban J connectivity index is 0.00000694. The van der Waals surface area contributed by atoms with Gasteiger partial charge < -0.3 is 30.0 Å². The number of benzene rings is 8. The van der Waals surface area contributed by atoms with Crippen LogP contribution >= 0.6 is 139 Å². The van der Waals surface area contributed by atoms with E-state index in [1.807, 2.05) is 0 Å². The van der Waals surface area contributed by atoms with Crippen LogP contribution in [0.2, 0.25) is 60.3 Å². The quantitative estimate of drug-likeness (QED) is 0.0854. The first-order valence-electron chi connectivity index (χ1n) is 24.5. The van der Waals surface area contributed by atoms with E-state index in [4.69, 9.17) is 170 Å². The van der Waals surface area contributed by atoms with E-state index in [0.717, 1.165) is 0 Å². The second kappa shape index (κ2) is 22.5. The normalized spacial score (nSPS) is 11.7. The smallest absolute Gasteiger partial charge is 0.657 e. The van der Waals surface area contributed by atoms with Gasteiger partial charge in [-0.2, -0.15) is 0 Å². The number of phenolic OH excluding ortho intramolecular Hbond substituents is 3. The molecule has 0 atom stereocenters. The molecule has 2 aliphatic rings. The van der Waals surface area contributed by atoms with E-state index in [1.165, 1.54) is 36.4 Å². The zero-order valence-electron chi connectivity index (χ0n) is 42.1. The third-order valence-corrected chi connectivity index (χ3v) is 19.2. The summed E-state index contributed by atoms with van der Waals surface area (Å²) in [5.41, 5.74) is 6.76. The van der Waals surface area contributed by atoms with Gasteiger partial charge in [-0.25, -0.2) is 9.97 Å². The Bertz CT molecular complexity index is 4860. The van der Waals surface area contributed by atoms with Gasteiger partial charge in [-0.15, -0.1) is 28.5 Å². The molecule has 0 unspecified atom stereocenters. The van der Waals surface area contributed by atoms with Crippen molar-refractivity contribution in [3.05, 3.63) is 182 Å². The van der Waals surface area contributed by atoms with Crippen LogP contribution in [-0.4, -0.2) is 31.9 Å². The van der Waals surface area contributed by atoms with E-state index in [1.54, 1.807) is 84.9 Å². The molecule has 8 bridgehead atoms. The zero-order valence-corrected chi connectivity index (χ0v) is 54.2. The molecule has 8 aromatic carbocycles. The molecule has 0 fully saturated rings. The van der Waals surface area contributed by atoms with Gasteiger partial charge in [0.2, 0.25) is 0 Å². The fourth-order valence-electron chi connectivity index (χ4n) is 10.6. The Morgan fingerprint density at radius 1 is 0.345 bits per heavy atom. The molecule has 8 nitrogen and oxygen atoms in total. The third-order valence-electron chi connectivity index (χ3n) is 14.3. The van der Waals surface area contributed by atoms with Gasteiger partial charge in [-0.05, 0) is 117 Å². The van der Waals surface area contributed by atoms with Gasteiger partial charge >= 0.3 is 19.5 Å². The average Bonchev–Trinajstić information content (AvgIpc) is 1.78. The fraction of sp³-hybridized carbons (Fsp3) is 0.0159. The molecular weight excluding hydrogens is 1370 g/mol. The van der Waals surface area contributed by atoms with Crippen LogP contribution in [0.4, 0.5) is 0 Å². The number of aromatic hydroxyl groups is 3. The Hall–Kier alpha value is -5.74. The van der Waals surface area contributed by atoms with Gasteiger partial charge in [-0.1, -0.05) is 194 Å². The summed E-state index contributed by atoms with van der Waals surface area (Å²) in [6.07, 6.45) is 5.47. The Kier molecular flexibility index (Phi) is 15.7. The molecular formula is C63H26Cl12N4O4Zn. The van der Waals surface area contributed by atoms with Crippen molar-refractivity contribution >= 4 is 183 Å². The molecule has 3 aromatic heterocycles. The first-order chi connectivity index (χ1) is 39.8. The standard InChI is InChI=1S/C63H26Cl12N4O4.Zn/c1-2-19-83-31-17-9-27(10-18-31)43-55(67)47-35-23-38-50-45(53(65)41(58(70)62(50)74)25-5-13-29(81)14-6-25)33(78-38)21-36-48-44(52(64)40(56(68)60(48)72)24-3-11-28(80)12-4-24)32(76-36)20-37-49-46(34(77-37)22-39(79-35)51(47)63(75)59(43)71)54(66)42(57(69)61(49)73)26-7-15-30(82)16-8-26;/h1,3-18,20-23H,19H2,(H3-2,76,77,78,79,80,81,82);/q-2;+2. The first-order valence-corrected chi connectivity index (χ1v) is 29.0. The fourth-order valence-corrected chi connectivity index (χ4v) is 14.7.